The van der Waals surface area contributed by atoms with Crippen molar-refractivity contribution >= 4 is 0 Å². The maximum absolute atomic E-state index is 5.24. The molecule has 1 N–H and O–H groups in total. The first kappa shape index (κ1) is 14.7. The summed E-state index contributed by atoms with van der Waals surface area (Å²) < 4.78 is 7.18. The van der Waals surface area contributed by atoms with Crippen molar-refractivity contribution in [3.8, 4) is 0 Å². The Morgan fingerprint density at radius 3 is 2.95 bits per heavy atom. The molecular weight excluding hydrogens is 254 g/mol. The SMILES string of the molecule is CCCCc1noc(CN[C@H](C)[C@@H](C)n2cccn2)n1. The summed E-state index contributed by atoms with van der Waals surface area (Å²) in [5.41, 5.74) is 0. The van der Waals surface area contributed by atoms with Gasteiger partial charge in [0.05, 0.1) is 12.6 Å². The fourth-order valence-corrected chi connectivity index (χ4v) is 1.97. The third-order valence-corrected chi connectivity index (χ3v) is 3.51. The smallest absolute Gasteiger partial charge is 0.240 e. The Balaban J connectivity index is 1.81. The number of hydrogen-bond donors (Lipinski definition) is 1. The fraction of sp³-hybridized carbons (Fsp3) is 0.643. The second-order valence-corrected chi connectivity index (χ2v) is 5.10. The van der Waals surface area contributed by atoms with E-state index in [1.165, 1.54) is 0 Å². The first-order valence-corrected chi connectivity index (χ1v) is 7.24. The quantitative estimate of drug-likeness (QED) is 0.802. The molecule has 0 aromatic carbocycles. The van der Waals surface area contributed by atoms with Crippen molar-refractivity contribution in [2.24, 2.45) is 0 Å². The van der Waals surface area contributed by atoms with Gasteiger partial charge in [0, 0.05) is 24.9 Å². The summed E-state index contributed by atoms with van der Waals surface area (Å²) in [7, 11) is 0. The Hall–Kier alpha value is -1.69. The largest absolute Gasteiger partial charge is 0.338 e. The maximum atomic E-state index is 5.24. The van der Waals surface area contributed by atoms with Crippen LogP contribution in [0.1, 0.15) is 51.4 Å². The molecule has 2 atom stereocenters. The van der Waals surface area contributed by atoms with E-state index in [0.717, 1.165) is 25.1 Å². The van der Waals surface area contributed by atoms with Crippen LogP contribution < -0.4 is 5.32 Å². The van der Waals surface area contributed by atoms with E-state index in [2.05, 4.69) is 41.3 Å². The lowest BCUT2D eigenvalue weighted by Gasteiger charge is -2.20. The molecule has 0 saturated heterocycles. The second kappa shape index (κ2) is 7.19. The number of nitrogens with one attached hydrogen (secondary N) is 1. The van der Waals surface area contributed by atoms with E-state index in [4.69, 9.17) is 4.52 Å². The van der Waals surface area contributed by atoms with Gasteiger partial charge in [-0.2, -0.15) is 10.1 Å². The highest BCUT2D eigenvalue weighted by atomic mass is 16.5. The van der Waals surface area contributed by atoms with Gasteiger partial charge in [-0.05, 0) is 26.3 Å². The van der Waals surface area contributed by atoms with Crippen molar-refractivity contribution in [1.29, 1.82) is 0 Å². The molecular formula is C14H23N5O. The van der Waals surface area contributed by atoms with Crippen LogP contribution in [0.5, 0.6) is 0 Å². The third kappa shape index (κ3) is 3.90. The molecule has 2 rings (SSSR count). The van der Waals surface area contributed by atoms with Crippen LogP contribution in [0, 0.1) is 0 Å². The molecule has 0 radical (unpaired) electrons. The summed E-state index contributed by atoms with van der Waals surface area (Å²) in [6.45, 7) is 7.00. The first-order valence-electron chi connectivity index (χ1n) is 7.24. The van der Waals surface area contributed by atoms with E-state index >= 15 is 0 Å². The van der Waals surface area contributed by atoms with Crippen LogP contribution in [0.4, 0.5) is 0 Å². The van der Waals surface area contributed by atoms with Crippen molar-refractivity contribution in [3.63, 3.8) is 0 Å². The fourth-order valence-electron chi connectivity index (χ4n) is 1.97. The molecule has 6 nitrogen and oxygen atoms in total. The summed E-state index contributed by atoms with van der Waals surface area (Å²) in [5, 5.41) is 11.6. The molecule has 20 heavy (non-hydrogen) atoms. The molecule has 0 aliphatic rings. The average Bonchev–Trinajstić information content (AvgIpc) is 3.13. The number of aromatic nitrogens is 4. The van der Waals surface area contributed by atoms with E-state index in [9.17, 15) is 0 Å². The van der Waals surface area contributed by atoms with Crippen molar-refractivity contribution in [2.45, 2.75) is 58.7 Å². The molecule has 0 aliphatic heterocycles. The van der Waals surface area contributed by atoms with Crippen LogP contribution in [-0.2, 0) is 13.0 Å². The predicted octanol–water partition coefficient (Wildman–Crippen LogP) is 2.35. The normalized spacial score (nSPS) is 14.3. The molecule has 110 valence electrons. The lowest BCUT2D eigenvalue weighted by atomic mass is 10.2. The molecule has 0 bridgehead atoms. The Kier molecular flexibility index (Phi) is 5.29. The zero-order valence-corrected chi connectivity index (χ0v) is 12.4. The van der Waals surface area contributed by atoms with Crippen LogP contribution in [0.3, 0.4) is 0 Å². The van der Waals surface area contributed by atoms with Crippen LogP contribution in [0.25, 0.3) is 0 Å². The molecule has 6 heteroatoms. The Morgan fingerprint density at radius 1 is 1.40 bits per heavy atom. The Bertz CT molecular complexity index is 493. The van der Waals surface area contributed by atoms with Crippen LogP contribution in [0.15, 0.2) is 23.0 Å². The van der Waals surface area contributed by atoms with Gasteiger partial charge in [-0.25, -0.2) is 0 Å². The van der Waals surface area contributed by atoms with E-state index in [-0.39, 0.29) is 12.1 Å². The maximum Gasteiger partial charge on any atom is 0.240 e. The molecule has 0 fully saturated rings. The van der Waals surface area contributed by atoms with Crippen LogP contribution in [-0.4, -0.2) is 26.0 Å². The summed E-state index contributed by atoms with van der Waals surface area (Å²) in [6.07, 6.45) is 6.89. The summed E-state index contributed by atoms with van der Waals surface area (Å²) >= 11 is 0. The van der Waals surface area contributed by atoms with E-state index in [1.807, 2.05) is 16.9 Å². The number of aryl methyl sites for hydroxylation is 1. The minimum absolute atomic E-state index is 0.265. The van der Waals surface area contributed by atoms with Gasteiger partial charge in [0.15, 0.2) is 5.82 Å². The molecule has 2 heterocycles. The predicted molar refractivity (Wildman–Crippen MR) is 76.1 cm³/mol. The molecule has 0 unspecified atom stereocenters. The van der Waals surface area contributed by atoms with E-state index in [1.54, 1.807) is 6.20 Å². The van der Waals surface area contributed by atoms with Crippen molar-refractivity contribution in [2.75, 3.05) is 0 Å². The van der Waals surface area contributed by atoms with Gasteiger partial charge in [-0.3, -0.25) is 4.68 Å². The van der Waals surface area contributed by atoms with Gasteiger partial charge in [-0.1, -0.05) is 18.5 Å². The molecule has 0 aliphatic carbocycles. The number of unbranched alkanes of at least 4 members (excludes halogenated alkanes) is 1. The standard InChI is InChI=1S/C14H23N5O/c1-4-5-7-13-17-14(20-18-13)10-15-11(2)12(3)19-9-6-8-16-19/h6,8-9,11-12,15H,4-5,7,10H2,1-3H3/t11-,12-/m1/s1. The first-order chi connectivity index (χ1) is 9.70. The second-order valence-electron chi connectivity index (χ2n) is 5.10. The van der Waals surface area contributed by atoms with Crippen molar-refractivity contribution in [1.82, 2.24) is 25.2 Å². The average molecular weight is 277 g/mol. The van der Waals surface area contributed by atoms with E-state index < -0.39 is 0 Å². The summed E-state index contributed by atoms with van der Waals surface area (Å²) in [6, 6.07) is 2.47. The molecule has 2 aromatic rings. The van der Waals surface area contributed by atoms with Crippen molar-refractivity contribution in [3.05, 3.63) is 30.2 Å². The van der Waals surface area contributed by atoms with Gasteiger partial charge >= 0.3 is 0 Å². The molecule has 0 saturated carbocycles. The van der Waals surface area contributed by atoms with Gasteiger partial charge in [0.1, 0.15) is 0 Å². The highest BCUT2D eigenvalue weighted by molar-refractivity contribution is 4.88. The van der Waals surface area contributed by atoms with Crippen LogP contribution in [0.2, 0.25) is 0 Å². The summed E-state index contributed by atoms with van der Waals surface area (Å²) in [4.78, 5) is 4.38. The highest BCUT2D eigenvalue weighted by Crippen LogP contribution is 2.10. The zero-order chi connectivity index (χ0) is 14.4. The molecule has 0 amide bonds. The highest BCUT2D eigenvalue weighted by Gasteiger charge is 2.15. The monoisotopic (exact) mass is 277 g/mol. The summed E-state index contributed by atoms with van der Waals surface area (Å²) in [5.74, 6) is 1.45. The minimum Gasteiger partial charge on any atom is -0.338 e. The number of rotatable bonds is 8. The topological polar surface area (TPSA) is 68.8 Å². The molecule has 2 aromatic heterocycles. The molecule has 0 spiro atoms. The van der Waals surface area contributed by atoms with Gasteiger partial charge in [0.2, 0.25) is 5.89 Å². The number of hydrogen-bond acceptors (Lipinski definition) is 5. The lowest BCUT2D eigenvalue weighted by Crippen LogP contribution is -2.33. The van der Waals surface area contributed by atoms with Crippen molar-refractivity contribution < 1.29 is 4.52 Å². The third-order valence-electron chi connectivity index (χ3n) is 3.51. The Labute approximate surface area is 119 Å². The number of nitrogens with zero attached hydrogens (tertiary/aromatic N) is 4. The van der Waals surface area contributed by atoms with Gasteiger partial charge in [0.25, 0.3) is 0 Å². The van der Waals surface area contributed by atoms with E-state index in [0.29, 0.717) is 12.4 Å². The minimum atomic E-state index is 0.265. The zero-order valence-electron chi connectivity index (χ0n) is 12.4. The van der Waals surface area contributed by atoms with Gasteiger partial charge < -0.3 is 9.84 Å². The lowest BCUT2D eigenvalue weighted by molar-refractivity contribution is 0.323. The Morgan fingerprint density at radius 2 is 2.25 bits per heavy atom. The van der Waals surface area contributed by atoms with Gasteiger partial charge in [-0.15, -0.1) is 0 Å². The van der Waals surface area contributed by atoms with Crippen LogP contribution >= 0.6 is 0 Å².